The smallest absolute Gasteiger partial charge is 0.164 e. The third-order valence-corrected chi connectivity index (χ3v) is 4.70. The van der Waals surface area contributed by atoms with E-state index in [4.69, 9.17) is 16.3 Å². The van der Waals surface area contributed by atoms with Crippen molar-refractivity contribution in [2.24, 2.45) is 0 Å². The van der Waals surface area contributed by atoms with E-state index >= 15 is 0 Å². The first-order chi connectivity index (χ1) is 11.3. The number of hydrogen-bond donors (Lipinski definition) is 2. The van der Waals surface area contributed by atoms with Crippen LogP contribution in [0.3, 0.4) is 0 Å². The van der Waals surface area contributed by atoms with E-state index in [1.54, 1.807) is 4.90 Å². The lowest BCUT2D eigenvalue weighted by molar-refractivity contribution is -0.920. The number of nitrogens with one attached hydrogen (secondary N) is 1. The molecule has 3 rings (SSSR count). The lowest BCUT2D eigenvalue weighted by atomic mass is 10.2. The normalized spacial score (nSPS) is 15.9. The van der Waals surface area contributed by atoms with Gasteiger partial charge in [-0.2, -0.15) is 0 Å². The summed E-state index contributed by atoms with van der Waals surface area (Å²) < 4.78 is 7.57. The molecular weight excluding hydrogens is 312 g/mol. The molecule has 0 saturated carbocycles. The fraction of sp³-hybridized carbons (Fsp3) is 0.471. The van der Waals surface area contributed by atoms with Gasteiger partial charge in [0, 0.05) is 17.4 Å². The molecule has 1 aliphatic rings. The molecular formula is C17H25ClN4O+2. The van der Waals surface area contributed by atoms with Crippen LogP contribution in [0.5, 0.6) is 0 Å². The Labute approximate surface area is 142 Å². The van der Waals surface area contributed by atoms with E-state index in [2.05, 4.69) is 20.9 Å². The Balaban J connectivity index is 1.47. The number of rotatable bonds is 7. The van der Waals surface area contributed by atoms with E-state index in [1.165, 1.54) is 6.54 Å². The first kappa shape index (κ1) is 16.5. The van der Waals surface area contributed by atoms with E-state index < -0.39 is 0 Å². The molecule has 23 heavy (non-hydrogen) atoms. The number of quaternary nitrogens is 2. The summed E-state index contributed by atoms with van der Waals surface area (Å²) in [6.45, 7) is 8.06. The average Bonchev–Trinajstić information content (AvgIpc) is 3.02. The van der Waals surface area contributed by atoms with Crippen molar-refractivity contribution < 1.29 is 15.0 Å². The van der Waals surface area contributed by atoms with Crippen molar-refractivity contribution in [3.63, 3.8) is 0 Å². The number of nitrogens with zero attached hydrogens (tertiary/aromatic N) is 2. The summed E-state index contributed by atoms with van der Waals surface area (Å²) in [5.41, 5.74) is 1.13. The van der Waals surface area contributed by atoms with Crippen LogP contribution in [0.4, 0.5) is 0 Å². The molecule has 0 atom stereocenters. The first-order valence-electron chi connectivity index (χ1n) is 8.29. The summed E-state index contributed by atoms with van der Waals surface area (Å²) in [5, 5.41) is 3.15. The third kappa shape index (κ3) is 4.78. The van der Waals surface area contributed by atoms with E-state index in [9.17, 15) is 0 Å². The largest absolute Gasteiger partial charge is 0.370 e. The molecule has 0 radical (unpaired) electrons. The van der Waals surface area contributed by atoms with E-state index in [-0.39, 0.29) is 0 Å². The molecule has 1 fully saturated rings. The van der Waals surface area contributed by atoms with Gasteiger partial charge in [-0.25, -0.2) is 4.98 Å². The number of nitrogens with two attached hydrogens (primary N) is 1. The highest BCUT2D eigenvalue weighted by Gasteiger charge is 2.14. The summed E-state index contributed by atoms with van der Waals surface area (Å²) in [4.78, 5) is 6.13. The molecule has 124 valence electrons. The van der Waals surface area contributed by atoms with Crippen LogP contribution in [0.1, 0.15) is 11.4 Å². The molecule has 1 saturated heterocycles. The molecule has 6 heteroatoms. The highest BCUT2D eigenvalue weighted by molar-refractivity contribution is 6.31. The maximum atomic E-state index is 6.25. The first-order valence-corrected chi connectivity index (χ1v) is 8.67. The van der Waals surface area contributed by atoms with Crippen molar-refractivity contribution in [3.05, 3.63) is 53.1 Å². The fourth-order valence-corrected chi connectivity index (χ4v) is 3.13. The molecule has 5 nitrogen and oxygen atoms in total. The molecule has 0 unspecified atom stereocenters. The number of halogens is 1. The molecule has 2 heterocycles. The molecule has 1 aromatic heterocycles. The van der Waals surface area contributed by atoms with Gasteiger partial charge in [0.25, 0.3) is 0 Å². The van der Waals surface area contributed by atoms with Crippen molar-refractivity contribution in [2.45, 2.75) is 13.1 Å². The van der Waals surface area contributed by atoms with Crippen molar-refractivity contribution in [2.75, 3.05) is 39.4 Å². The molecule has 1 aromatic carbocycles. The minimum absolute atomic E-state index is 0.775. The second kappa shape index (κ2) is 8.45. The quantitative estimate of drug-likeness (QED) is 0.674. The van der Waals surface area contributed by atoms with E-state index in [0.717, 1.165) is 62.3 Å². The van der Waals surface area contributed by atoms with E-state index in [1.807, 2.05) is 30.6 Å². The van der Waals surface area contributed by atoms with Crippen molar-refractivity contribution >= 4 is 11.6 Å². The predicted octanol–water partition coefficient (Wildman–Crippen LogP) is -0.437. The molecule has 2 aromatic rings. The molecule has 0 aliphatic carbocycles. The molecule has 1 aliphatic heterocycles. The van der Waals surface area contributed by atoms with Crippen LogP contribution in [-0.4, -0.2) is 48.9 Å². The van der Waals surface area contributed by atoms with Gasteiger partial charge in [0.2, 0.25) is 0 Å². The van der Waals surface area contributed by atoms with Crippen molar-refractivity contribution in [1.29, 1.82) is 0 Å². The second-order valence-electron chi connectivity index (χ2n) is 5.96. The van der Waals surface area contributed by atoms with Gasteiger partial charge in [-0.05, 0) is 11.6 Å². The Morgan fingerprint density at radius 2 is 2.09 bits per heavy atom. The summed E-state index contributed by atoms with van der Waals surface area (Å²) in [6, 6.07) is 7.99. The highest BCUT2D eigenvalue weighted by Crippen LogP contribution is 2.16. The van der Waals surface area contributed by atoms with Gasteiger partial charge >= 0.3 is 0 Å². The summed E-state index contributed by atoms with van der Waals surface area (Å²) in [6.07, 6.45) is 3.90. The van der Waals surface area contributed by atoms with Crippen LogP contribution in [0.25, 0.3) is 0 Å². The molecule has 3 N–H and O–H groups in total. The zero-order chi connectivity index (χ0) is 15.9. The SMILES string of the molecule is Clc1ccccc1Cn1ccnc1C[NH2+]CC[NH+]1CCOCC1. The zero-order valence-electron chi connectivity index (χ0n) is 13.4. The minimum atomic E-state index is 0.775. The van der Waals surface area contributed by atoms with Crippen LogP contribution >= 0.6 is 11.6 Å². The Hall–Kier alpha value is -1.40. The summed E-state index contributed by atoms with van der Waals surface area (Å²) >= 11 is 6.25. The van der Waals surface area contributed by atoms with Gasteiger partial charge in [-0.3, -0.25) is 0 Å². The standard InChI is InChI=1S/C17H23ClN4O/c18-16-4-2-1-3-15(16)14-22-8-6-20-17(22)13-19-5-7-21-9-11-23-12-10-21/h1-4,6,8,19H,5,7,9-14H2/p+2. The third-order valence-electron chi connectivity index (χ3n) is 4.33. The highest BCUT2D eigenvalue weighted by atomic mass is 35.5. The average molecular weight is 337 g/mol. The molecule has 0 amide bonds. The van der Waals surface area contributed by atoms with Crippen LogP contribution in [0, 0.1) is 0 Å². The Morgan fingerprint density at radius 1 is 1.26 bits per heavy atom. The number of ether oxygens (including phenoxy) is 1. The fourth-order valence-electron chi connectivity index (χ4n) is 2.93. The van der Waals surface area contributed by atoms with Crippen molar-refractivity contribution in [3.8, 4) is 0 Å². The van der Waals surface area contributed by atoms with Gasteiger partial charge in [-0.1, -0.05) is 29.8 Å². The second-order valence-corrected chi connectivity index (χ2v) is 6.36. The monoisotopic (exact) mass is 336 g/mol. The van der Waals surface area contributed by atoms with Gasteiger partial charge in [0.15, 0.2) is 5.82 Å². The van der Waals surface area contributed by atoms with Crippen LogP contribution < -0.4 is 10.2 Å². The summed E-state index contributed by atoms with van der Waals surface area (Å²) in [5.74, 6) is 1.10. The number of morpholine rings is 1. The Bertz CT molecular complexity index is 610. The van der Waals surface area contributed by atoms with Crippen LogP contribution in [0.2, 0.25) is 5.02 Å². The lowest BCUT2D eigenvalue weighted by Gasteiger charge is -2.22. The van der Waals surface area contributed by atoms with Gasteiger partial charge in [0.1, 0.15) is 32.7 Å². The van der Waals surface area contributed by atoms with Gasteiger partial charge in [0.05, 0.1) is 19.8 Å². The Kier molecular flexibility index (Phi) is 6.05. The maximum absolute atomic E-state index is 6.25. The Morgan fingerprint density at radius 3 is 2.91 bits per heavy atom. The number of aromatic nitrogens is 2. The van der Waals surface area contributed by atoms with Crippen LogP contribution in [0.15, 0.2) is 36.7 Å². The number of benzene rings is 1. The predicted molar refractivity (Wildman–Crippen MR) is 89.7 cm³/mol. The maximum Gasteiger partial charge on any atom is 0.164 e. The molecule has 0 spiro atoms. The number of imidazole rings is 1. The zero-order valence-corrected chi connectivity index (χ0v) is 14.1. The lowest BCUT2D eigenvalue weighted by Crippen LogP contribution is -3.16. The minimum Gasteiger partial charge on any atom is -0.370 e. The van der Waals surface area contributed by atoms with Crippen molar-refractivity contribution in [1.82, 2.24) is 9.55 Å². The van der Waals surface area contributed by atoms with E-state index in [0.29, 0.717) is 0 Å². The van der Waals surface area contributed by atoms with Gasteiger partial charge in [-0.15, -0.1) is 0 Å². The summed E-state index contributed by atoms with van der Waals surface area (Å²) in [7, 11) is 0. The van der Waals surface area contributed by atoms with Gasteiger partial charge < -0.3 is 19.5 Å². The molecule has 0 bridgehead atoms. The number of hydrogen-bond acceptors (Lipinski definition) is 2. The van der Waals surface area contributed by atoms with Crippen LogP contribution in [-0.2, 0) is 17.8 Å². The topological polar surface area (TPSA) is 48.1 Å².